The van der Waals surface area contributed by atoms with Crippen LogP contribution in [0.15, 0.2) is 90.5 Å². The van der Waals surface area contributed by atoms with E-state index in [0.717, 1.165) is 33.4 Å². The molecule has 0 heterocycles. The lowest BCUT2D eigenvalue weighted by Crippen LogP contribution is -2.40. The third-order valence-corrected chi connectivity index (χ3v) is 8.37. The van der Waals surface area contributed by atoms with Crippen LogP contribution in [0.3, 0.4) is 0 Å². The minimum Gasteiger partial charge on any atom is -0.449 e. The second-order valence-corrected chi connectivity index (χ2v) is 11.1. The van der Waals surface area contributed by atoms with Crippen LogP contribution in [0.1, 0.15) is 67.2 Å². The van der Waals surface area contributed by atoms with E-state index in [-0.39, 0.29) is 38.0 Å². The van der Waals surface area contributed by atoms with Gasteiger partial charge in [-0.05, 0) is 77.6 Å². The summed E-state index contributed by atoms with van der Waals surface area (Å²) < 4.78 is 24.7. The lowest BCUT2D eigenvalue weighted by molar-refractivity contribution is -0.131. The lowest BCUT2D eigenvalue weighted by atomic mass is 9.96. The van der Waals surface area contributed by atoms with Crippen molar-refractivity contribution in [3.05, 3.63) is 113 Å². The Morgan fingerprint density at radius 3 is 1.95 bits per heavy atom. The molecule has 228 valence electrons. The topological polar surface area (TPSA) is 93.7 Å². The van der Waals surface area contributed by atoms with Gasteiger partial charge in [0.2, 0.25) is 0 Å². The number of alkyl carbamates (subject to hydrolysis) is 2. The molecule has 0 saturated carbocycles. The number of fused-ring (bicyclic) bond motifs is 4. The maximum Gasteiger partial charge on any atom is 0.407 e. The Morgan fingerprint density at radius 2 is 1.34 bits per heavy atom. The summed E-state index contributed by atoms with van der Waals surface area (Å²) in [6.07, 6.45) is 3.59. The fourth-order valence-electron chi connectivity index (χ4n) is 6.23. The van der Waals surface area contributed by atoms with Crippen molar-refractivity contribution in [1.29, 1.82) is 0 Å². The van der Waals surface area contributed by atoms with Crippen LogP contribution in [-0.2, 0) is 14.3 Å². The average molecular weight is 597 g/mol. The van der Waals surface area contributed by atoms with Gasteiger partial charge in [-0.3, -0.25) is 4.79 Å². The van der Waals surface area contributed by atoms with E-state index in [2.05, 4.69) is 35.8 Å². The van der Waals surface area contributed by atoms with Crippen LogP contribution in [0.4, 0.5) is 14.0 Å². The number of benzene rings is 3. The van der Waals surface area contributed by atoms with Crippen molar-refractivity contribution >= 4 is 23.8 Å². The smallest absolute Gasteiger partial charge is 0.407 e. The molecule has 2 amide bonds. The molecule has 0 saturated heterocycles. The summed E-state index contributed by atoms with van der Waals surface area (Å²) in [7, 11) is 0. The highest BCUT2D eigenvalue weighted by molar-refractivity contribution is 5.82. The molecule has 44 heavy (non-hydrogen) atoms. The van der Waals surface area contributed by atoms with E-state index in [1.54, 1.807) is 0 Å². The summed E-state index contributed by atoms with van der Waals surface area (Å²) in [5.74, 6) is -0.176. The maximum atomic E-state index is 13.8. The van der Waals surface area contributed by atoms with Gasteiger partial charge in [-0.15, -0.1) is 0 Å². The summed E-state index contributed by atoms with van der Waals surface area (Å²) >= 11 is 0. The van der Waals surface area contributed by atoms with Gasteiger partial charge >= 0.3 is 18.2 Å². The predicted molar refractivity (Wildman–Crippen MR) is 168 cm³/mol. The highest BCUT2D eigenvalue weighted by atomic mass is 19.1. The number of hydrogen-bond donors (Lipinski definition) is 2. The number of carbonyl (C=O) groups excluding carboxylic acids is 3. The fourth-order valence-corrected chi connectivity index (χ4v) is 6.23. The number of nitrogens with one attached hydrogen (secondary N) is 2. The number of ether oxygens (including phenoxy) is 2. The average Bonchev–Trinajstić information content (AvgIpc) is 3.49. The molecule has 0 fully saturated rings. The minimum absolute atomic E-state index is 0.0338. The Hall–Kier alpha value is -4.72. The van der Waals surface area contributed by atoms with Gasteiger partial charge in [0.05, 0.1) is 0 Å². The van der Waals surface area contributed by atoms with Crippen LogP contribution in [0, 0.1) is 0 Å². The van der Waals surface area contributed by atoms with Gasteiger partial charge in [-0.1, -0.05) is 84.9 Å². The van der Waals surface area contributed by atoms with E-state index in [4.69, 9.17) is 9.47 Å². The van der Waals surface area contributed by atoms with Crippen molar-refractivity contribution in [3.63, 3.8) is 0 Å². The molecule has 7 nitrogen and oxygen atoms in total. The Bertz CT molecular complexity index is 1550. The van der Waals surface area contributed by atoms with Crippen LogP contribution in [0.25, 0.3) is 16.7 Å². The molecule has 2 aliphatic rings. The lowest BCUT2D eigenvalue weighted by Gasteiger charge is -2.17. The Labute approximate surface area is 257 Å². The number of unbranched alkanes of at least 4 members (excludes halogenated alkanes) is 1. The monoisotopic (exact) mass is 596 g/mol. The summed E-state index contributed by atoms with van der Waals surface area (Å²) in [6.45, 7) is 4.60. The van der Waals surface area contributed by atoms with Gasteiger partial charge in [-0.25, -0.2) is 9.59 Å². The van der Waals surface area contributed by atoms with Crippen molar-refractivity contribution in [2.45, 2.75) is 51.0 Å². The van der Waals surface area contributed by atoms with Gasteiger partial charge in [-0.2, -0.15) is 4.39 Å². The second kappa shape index (κ2) is 14.2. The highest BCUT2D eigenvalue weighted by Crippen LogP contribution is 2.45. The van der Waals surface area contributed by atoms with Gasteiger partial charge in [0.15, 0.2) is 0 Å². The zero-order chi connectivity index (χ0) is 31.1. The van der Waals surface area contributed by atoms with Crippen LogP contribution in [0.2, 0.25) is 0 Å². The quantitative estimate of drug-likeness (QED) is 0.168. The van der Waals surface area contributed by atoms with E-state index in [0.29, 0.717) is 12.8 Å². The first-order valence-electron chi connectivity index (χ1n) is 15.0. The van der Waals surface area contributed by atoms with E-state index in [9.17, 15) is 18.8 Å². The molecule has 2 N–H and O–H groups in total. The first-order valence-corrected chi connectivity index (χ1v) is 15.0. The standard InChI is InChI=1S/C36H37FN2O5/c1-3-12-24-23(2)25-13-4-5-14-26(25)31(24)21-43-35(41)38-20-11-10-19-33(34(37)40)39-36(42)44-22-32-29-17-8-6-15-27(29)28-16-7-9-18-30(28)32/h3-9,12-18,31-33H,10-11,19-22H2,1-2H3,(H,38,41)(H,39,42)/b12-3-. The van der Waals surface area contributed by atoms with E-state index >= 15 is 0 Å². The predicted octanol–water partition coefficient (Wildman–Crippen LogP) is 7.43. The van der Waals surface area contributed by atoms with E-state index < -0.39 is 24.3 Å². The molecule has 2 atom stereocenters. The number of carbonyl (C=O) groups is 3. The maximum absolute atomic E-state index is 13.8. The van der Waals surface area contributed by atoms with E-state index in [1.807, 2.05) is 73.7 Å². The van der Waals surface area contributed by atoms with Gasteiger partial charge in [0, 0.05) is 18.4 Å². The normalized spacial score (nSPS) is 15.8. The molecule has 2 aliphatic carbocycles. The molecular weight excluding hydrogens is 559 g/mol. The minimum atomic E-state index is -1.64. The fraction of sp³-hybridized carbons (Fsp3) is 0.306. The van der Waals surface area contributed by atoms with Crippen molar-refractivity contribution in [3.8, 4) is 11.1 Å². The van der Waals surface area contributed by atoms with Gasteiger partial charge < -0.3 is 20.1 Å². The first-order chi connectivity index (χ1) is 21.4. The summed E-state index contributed by atoms with van der Waals surface area (Å²) in [5.41, 5.74) is 8.92. The molecule has 0 radical (unpaired) electrons. The molecule has 2 unspecified atom stereocenters. The van der Waals surface area contributed by atoms with E-state index in [1.165, 1.54) is 11.1 Å². The summed E-state index contributed by atoms with van der Waals surface area (Å²) in [4.78, 5) is 36.5. The number of amides is 2. The third-order valence-electron chi connectivity index (χ3n) is 8.37. The molecule has 8 heteroatoms. The van der Waals surface area contributed by atoms with Crippen molar-refractivity contribution in [2.75, 3.05) is 19.8 Å². The first kappa shape index (κ1) is 30.7. The van der Waals surface area contributed by atoms with Gasteiger partial charge in [0.25, 0.3) is 0 Å². The highest BCUT2D eigenvalue weighted by Gasteiger charge is 2.30. The van der Waals surface area contributed by atoms with Gasteiger partial charge in [0.1, 0.15) is 19.3 Å². The molecule has 0 aromatic heterocycles. The van der Waals surface area contributed by atoms with Crippen LogP contribution in [-0.4, -0.2) is 44.0 Å². The number of halogens is 1. The number of hydrogen-bond acceptors (Lipinski definition) is 5. The van der Waals surface area contributed by atoms with Crippen molar-refractivity contribution in [1.82, 2.24) is 10.6 Å². The Morgan fingerprint density at radius 1 is 0.795 bits per heavy atom. The van der Waals surface area contributed by atoms with Crippen LogP contribution in [0.5, 0.6) is 0 Å². The number of rotatable bonds is 12. The number of allylic oxidation sites excluding steroid dienone is 3. The second-order valence-electron chi connectivity index (χ2n) is 11.1. The molecule has 3 aromatic carbocycles. The molecule has 5 rings (SSSR count). The largest absolute Gasteiger partial charge is 0.449 e. The Balaban J connectivity index is 1.03. The third kappa shape index (κ3) is 6.75. The zero-order valence-electron chi connectivity index (χ0n) is 25.0. The molecular formula is C36H37FN2O5. The zero-order valence-corrected chi connectivity index (χ0v) is 25.0. The summed E-state index contributed by atoms with van der Waals surface area (Å²) in [5, 5.41) is 5.07. The molecule has 3 aromatic rings. The SMILES string of the molecule is C/C=C\C1=C(C)c2ccccc2C1COC(=O)NCCCCC(NC(=O)OCC1c2ccccc2-c2ccccc21)C(=O)F. The Kier molecular flexibility index (Phi) is 9.89. The van der Waals surface area contributed by atoms with Crippen molar-refractivity contribution < 1.29 is 28.2 Å². The molecule has 0 bridgehead atoms. The van der Waals surface area contributed by atoms with Crippen molar-refractivity contribution in [2.24, 2.45) is 0 Å². The van der Waals surface area contributed by atoms with Crippen LogP contribution < -0.4 is 10.6 Å². The molecule has 0 aliphatic heterocycles. The molecule has 0 spiro atoms. The summed E-state index contributed by atoms with van der Waals surface area (Å²) in [6, 6.07) is 21.1. The van der Waals surface area contributed by atoms with Crippen LogP contribution >= 0.6 is 0 Å².